The van der Waals surface area contributed by atoms with E-state index in [0.717, 1.165) is 27.4 Å². The summed E-state index contributed by atoms with van der Waals surface area (Å²) in [4.78, 5) is 0. The number of fused-ring (bicyclic) bond motifs is 3. The fourth-order valence-corrected chi connectivity index (χ4v) is 2.44. The molecule has 0 fully saturated rings. The molecular weight excluding hydrogens is 310 g/mol. The van der Waals surface area contributed by atoms with Gasteiger partial charge >= 0.3 is 7.48 Å². The third-order valence-corrected chi connectivity index (χ3v) is 4.68. The van der Waals surface area contributed by atoms with Crippen molar-refractivity contribution in [1.29, 1.82) is 0 Å². The Hall–Kier alpha value is -1.49. The zero-order chi connectivity index (χ0) is 16.8. The molecule has 23 heavy (non-hydrogen) atoms. The van der Waals surface area contributed by atoms with Gasteiger partial charge in [-0.25, -0.2) is 0 Å². The van der Waals surface area contributed by atoms with E-state index in [1.807, 2.05) is 50.2 Å². The summed E-state index contributed by atoms with van der Waals surface area (Å²) in [5, 5.41) is 12.8. The summed E-state index contributed by atoms with van der Waals surface area (Å²) in [6.07, 6.45) is 0. The number of furan rings is 1. The molecule has 3 nitrogen and oxygen atoms in total. The van der Waals surface area contributed by atoms with Crippen LogP contribution >= 0.6 is 11.6 Å². The van der Waals surface area contributed by atoms with E-state index in [0.29, 0.717) is 5.02 Å². The second-order valence-electron chi connectivity index (χ2n) is 6.77. The van der Waals surface area contributed by atoms with E-state index < -0.39 is 11.2 Å². The summed E-state index contributed by atoms with van der Waals surface area (Å²) in [5.41, 5.74) is 0.734. The van der Waals surface area contributed by atoms with Crippen molar-refractivity contribution < 1.29 is 14.2 Å². The number of benzene rings is 2. The molecule has 1 aromatic heterocycles. The first-order valence-corrected chi connectivity index (χ1v) is 7.91. The van der Waals surface area contributed by atoms with Gasteiger partial charge < -0.3 is 14.2 Å². The van der Waals surface area contributed by atoms with Crippen LogP contribution < -0.4 is 5.46 Å². The van der Waals surface area contributed by atoms with Gasteiger partial charge in [-0.1, -0.05) is 23.7 Å². The summed E-state index contributed by atoms with van der Waals surface area (Å²) in [6, 6.07) is 11.4. The first kappa shape index (κ1) is 16.4. The van der Waals surface area contributed by atoms with Crippen LogP contribution in [-0.4, -0.2) is 23.8 Å². The maximum atomic E-state index is 10.2. The van der Waals surface area contributed by atoms with Crippen molar-refractivity contribution in [2.24, 2.45) is 0 Å². The van der Waals surface area contributed by atoms with Crippen molar-refractivity contribution in [1.82, 2.24) is 0 Å². The van der Waals surface area contributed by atoms with Crippen LogP contribution in [0.4, 0.5) is 0 Å². The third-order valence-electron chi connectivity index (χ3n) is 4.45. The fourth-order valence-electron chi connectivity index (χ4n) is 2.28. The highest BCUT2D eigenvalue weighted by atomic mass is 35.5. The molecule has 119 valence electrons. The zero-order valence-electron chi connectivity index (χ0n) is 13.7. The fraction of sp³-hybridized carbons (Fsp3) is 0.333. The lowest BCUT2D eigenvalue weighted by Crippen LogP contribution is -2.49. The average molecular weight is 330 g/mol. The van der Waals surface area contributed by atoms with Crippen molar-refractivity contribution in [3.05, 3.63) is 41.4 Å². The standard InChI is InChI=1S/C18H19BClO3/c1-17(2,21)18(3,4)23-19-13-6-5-7-14-16(13)12-9-8-11(20)10-15(12)22-14/h5-10,21H,1-4H3. The minimum atomic E-state index is -0.969. The summed E-state index contributed by atoms with van der Waals surface area (Å²) >= 11 is 6.04. The minimum absolute atomic E-state index is 0.640. The Kier molecular flexibility index (Phi) is 3.95. The normalized spacial score (nSPS) is 13.0. The maximum absolute atomic E-state index is 10.2. The van der Waals surface area contributed by atoms with Gasteiger partial charge in [0, 0.05) is 21.9 Å². The third kappa shape index (κ3) is 2.99. The van der Waals surface area contributed by atoms with Crippen LogP contribution in [0.3, 0.4) is 0 Å². The van der Waals surface area contributed by atoms with Crippen LogP contribution in [0.5, 0.6) is 0 Å². The molecule has 0 spiro atoms. The second-order valence-corrected chi connectivity index (χ2v) is 7.20. The number of hydrogen-bond acceptors (Lipinski definition) is 3. The molecule has 0 atom stereocenters. The van der Waals surface area contributed by atoms with E-state index in [1.165, 1.54) is 0 Å². The maximum Gasteiger partial charge on any atom is 0.331 e. The summed E-state index contributed by atoms with van der Waals surface area (Å²) in [5.74, 6) is 0. The van der Waals surface area contributed by atoms with Crippen molar-refractivity contribution in [2.75, 3.05) is 0 Å². The predicted molar refractivity (Wildman–Crippen MR) is 95.6 cm³/mol. The largest absolute Gasteiger partial charge is 0.456 e. The molecule has 0 saturated carbocycles. The molecule has 3 rings (SSSR count). The van der Waals surface area contributed by atoms with Gasteiger partial charge in [-0.3, -0.25) is 0 Å². The number of aliphatic hydroxyl groups is 1. The van der Waals surface area contributed by atoms with Crippen molar-refractivity contribution in [3.8, 4) is 0 Å². The summed E-state index contributed by atoms with van der Waals surface area (Å²) < 4.78 is 11.8. The number of halogens is 1. The van der Waals surface area contributed by atoms with E-state index in [-0.39, 0.29) is 0 Å². The van der Waals surface area contributed by atoms with Gasteiger partial charge in [-0.2, -0.15) is 0 Å². The van der Waals surface area contributed by atoms with Gasteiger partial charge in [0.1, 0.15) is 11.2 Å². The molecule has 0 aliphatic carbocycles. The van der Waals surface area contributed by atoms with Crippen LogP contribution in [0, 0.1) is 0 Å². The second kappa shape index (κ2) is 5.55. The monoisotopic (exact) mass is 329 g/mol. The number of rotatable bonds is 4. The average Bonchev–Trinajstić information content (AvgIpc) is 2.81. The Labute approximate surface area is 141 Å². The molecule has 1 radical (unpaired) electrons. The summed E-state index contributed by atoms with van der Waals surface area (Å²) in [7, 11) is 1.68. The highest BCUT2D eigenvalue weighted by Crippen LogP contribution is 2.30. The molecule has 0 bridgehead atoms. The first-order chi connectivity index (χ1) is 10.7. The van der Waals surface area contributed by atoms with Gasteiger partial charge in [0.15, 0.2) is 0 Å². The predicted octanol–water partition coefficient (Wildman–Crippen LogP) is 4.05. The lowest BCUT2D eigenvalue weighted by molar-refractivity contribution is -0.0893. The molecule has 0 unspecified atom stereocenters. The topological polar surface area (TPSA) is 42.6 Å². The Balaban J connectivity index is 2.03. The van der Waals surface area contributed by atoms with E-state index in [2.05, 4.69) is 0 Å². The van der Waals surface area contributed by atoms with Crippen LogP contribution in [0.15, 0.2) is 40.8 Å². The van der Waals surface area contributed by atoms with Crippen molar-refractivity contribution in [3.63, 3.8) is 0 Å². The smallest absolute Gasteiger partial charge is 0.331 e. The SMILES string of the molecule is CC(C)(O)C(C)(C)O[B]c1cccc2oc3cc(Cl)ccc3c12. The van der Waals surface area contributed by atoms with Crippen molar-refractivity contribution >= 4 is 46.5 Å². The molecule has 2 aromatic carbocycles. The van der Waals surface area contributed by atoms with E-state index in [9.17, 15) is 5.11 Å². The Morgan fingerprint density at radius 1 is 1.09 bits per heavy atom. The van der Waals surface area contributed by atoms with E-state index >= 15 is 0 Å². The lowest BCUT2D eigenvalue weighted by atomic mass is 9.80. The molecule has 0 amide bonds. The quantitative estimate of drug-likeness (QED) is 0.734. The van der Waals surface area contributed by atoms with Crippen LogP contribution in [-0.2, 0) is 4.65 Å². The van der Waals surface area contributed by atoms with Gasteiger partial charge in [0.25, 0.3) is 0 Å². The molecule has 0 saturated heterocycles. The lowest BCUT2D eigenvalue weighted by Gasteiger charge is -2.37. The molecule has 0 aliphatic heterocycles. The van der Waals surface area contributed by atoms with Crippen LogP contribution in [0.2, 0.25) is 5.02 Å². The number of hydrogen-bond donors (Lipinski definition) is 1. The molecule has 1 N–H and O–H groups in total. The van der Waals surface area contributed by atoms with Gasteiger partial charge in [-0.05, 0) is 51.4 Å². The van der Waals surface area contributed by atoms with Gasteiger partial charge in [0.05, 0.1) is 11.2 Å². The van der Waals surface area contributed by atoms with E-state index in [1.54, 1.807) is 21.3 Å². The highest BCUT2D eigenvalue weighted by molar-refractivity contribution is 6.52. The minimum Gasteiger partial charge on any atom is -0.456 e. The van der Waals surface area contributed by atoms with Crippen LogP contribution in [0.25, 0.3) is 21.9 Å². The summed E-state index contributed by atoms with van der Waals surface area (Å²) in [6.45, 7) is 7.18. The zero-order valence-corrected chi connectivity index (χ0v) is 14.4. The van der Waals surface area contributed by atoms with Gasteiger partial charge in [0.2, 0.25) is 0 Å². The van der Waals surface area contributed by atoms with Crippen LogP contribution in [0.1, 0.15) is 27.7 Å². The Morgan fingerprint density at radius 3 is 2.52 bits per heavy atom. The molecule has 3 aromatic rings. The van der Waals surface area contributed by atoms with E-state index in [4.69, 9.17) is 20.7 Å². The van der Waals surface area contributed by atoms with Gasteiger partial charge in [-0.15, -0.1) is 0 Å². The molecule has 5 heteroatoms. The Bertz CT molecular complexity index is 862. The Morgan fingerprint density at radius 2 is 1.83 bits per heavy atom. The van der Waals surface area contributed by atoms with Crippen molar-refractivity contribution in [2.45, 2.75) is 38.9 Å². The highest BCUT2D eigenvalue weighted by Gasteiger charge is 2.35. The molecular formula is C18H19BClO3. The first-order valence-electron chi connectivity index (χ1n) is 7.53. The molecule has 0 aliphatic rings. The molecule has 1 heterocycles.